The Morgan fingerprint density at radius 2 is 1.44 bits per heavy atom. The average molecular weight is 447 g/mol. The van der Waals surface area contributed by atoms with Gasteiger partial charge in [0.2, 0.25) is 5.75 Å². The van der Waals surface area contributed by atoms with Crippen LogP contribution < -0.4 is 34.7 Å². The first-order valence-electron chi connectivity index (χ1n) is 10.3. The van der Waals surface area contributed by atoms with Gasteiger partial charge in [0.15, 0.2) is 29.6 Å². The van der Waals surface area contributed by atoms with Crippen molar-refractivity contribution in [1.29, 1.82) is 0 Å². The molecule has 0 aromatic heterocycles. The maximum absolute atomic E-state index is 12.9. The van der Waals surface area contributed by atoms with Gasteiger partial charge in [-0.2, -0.15) is 0 Å². The van der Waals surface area contributed by atoms with Crippen LogP contribution in [0.4, 0.5) is 5.69 Å². The molecule has 0 saturated carbocycles. The number of hydrogen-bond acceptors (Lipinski definition) is 7. The van der Waals surface area contributed by atoms with Gasteiger partial charge in [0, 0.05) is 17.3 Å². The summed E-state index contributed by atoms with van der Waals surface area (Å²) in [4.78, 5) is 24.0. The molecule has 0 atom stereocenters. The van der Waals surface area contributed by atoms with Crippen LogP contribution in [0.1, 0.15) is 37.0 Å². The molecule has 0 fully saturated rings. The minimum Gasteiger partial charge on any atom is -0.493 e. The summed E-state index contributed by atoms with van der Waals surface area (Å²) in [6, 6.07) is 8.19. The Morgan fingerprint density at radius 1 is 0.844 bits per heavy atom. The number of nitrogens with two attached hydrogens (primary N) is 1. The van der Waals surface area contributed by atoms with Crippen molar-refractivity contribution in [3.8, 4) is 28.7 Å². The van der Waals surface area contributed by atoms with Crippen LogP contribution in [0.15, 0.2) is 30.3 Å². The number of carbonyl (C=O) groups is 2. The fraction of sp³-hybridized carbons (Fsp3) is 0.391. The Labute approximate surface area is 187 Å². The molecule has 0 radical (unpaired) electrons. The molecule has 0 aliphatic rings. The second kappa shape index (κ2) is 12.3. The van der Waals surface area contributed by atoms with Gasteiger partial charge in [0.1, 0.15) is 0 Å². The molecule has 9 heteroatoms. The van der Waals surface area contributed by atoms with Crippen LogP contribution in [-0.4, -0.2) is 45.9 Å². The minimum atomic E-state index is -0.650. The van der Waals surface area contributed by atoms with E-state index in [4.69, 9.17) is 29.4 Å². The van der Waals surface area contributed by atoms with Crippen LogP contribution in [0.3, 0.4) is 0 Å². The third-order valence-electron chi connectivity index (χ3n) is 4.21. The van der Waals surface area contributed by atoms with Gasteiger partial charge in [-0.25, -0.2) is 0 Å². The second-order valence-electron chi connectivity index (χ2n) is 6.78. The van der Waals surface area contributed by atoms with Crippen LogP contribution in [0.25, 0.3) is 0 Å². The maximum Gasteiger partial charge on any atom is 0.255 e. The Kier molecular flexibility index (Phi) is 9.46. The van der Waals surface area contributed by atoms with Gasteiger partial charge in [-0.1, -0.05) is 13.8 Å². The van der Waals surface area contributed by atoms with Gasteiger partial charge in [0.05, 0.1) is 27.4 Å². The molecule has 2 aromatic carbocycles. The van der Waals surface area contributed by atoms with E-state index in [1.54, 1.807) is 18.2 Å². The summed E-state index contributed by atoms with van der Waals surface area (Å²) >= 11 is 0. The first-order valence-corrected chi connectivity index (χ1v) is 10.3. The highest BCUT2D eigenvalue weighted by Gasteiger charge is 2.19. The largest absolute Gasteiger partial charge is 0.493 e. The molecule has 0 bridgehead atoms. The number of amides is 2. The number of anilines is 1. The molecule has 0 heterocycles. The highest BCUT2D eigenvalue weighted by atomic mass is 16.5. The van der Waals surface area contributed by atoms with Crippen LogP contribution in [-0.2, 0) is 4.79 Å². The Bertz CT molecular complexity index is 906. The minimum absolute atomic E-state index is 0.179. The summed E-state index contributed by atoms with van der Waals surface area (Å²) in [7, 11) is 2.83. The normalized spacial score (nSPS) is 10.2. The monoisotopic (exact) mass is 446 g/mol. The molecule has 0 spiro atoms. The molecule has 3 N–H and O–H groups in total. The third-order valence-corrected chi connectivity index (χ3v) is 4.21. The molecule has 0 aliphatic heterocycles. The number of nitrogens with one attached hydrogen (secondary N) is 1. The molecule has 0 saturated heterocycles. The molecule has 2 rings (SSSR count). The molecular formula is C23H30N2O7. The molecule has 2 amide bonds. The quantitative estimate of drug-likeness (QED) is 0.484. The third kappa shape index (κ3) is 6.69. The number of benzene rings is 2. The van der Waals surface area contributed by atoms with E-state index in [0.717, 1.165) is 12.8 Å². The van der Waals surface area contributed by atoms with Crippen molar-refractivity contribution in [1.82, 2.24) is 0 Å². The van der Waals surface area contributed by atoms with Crippen LogP contribution in [0.5, 0.6) is 28.7 Å². The summed E-state index contributed by atoms with van der Waals surface area (Å²) in [6.45, 7) is 4.77. The summed E-state index contributed by atoms with van der Waals surface area (Å²) in [5.41, 5.74) is 5.95. The topological polar surface area (TPSA) is 118 Å². The van der Waals surface area contributed by atoms with E-state index in [0.29, 0.717) is 30.4 Å². The zero-order valence-corrected chi connectivity index (χ0v) is 18.9. The second-order valence-corrected chi connectivity index (χ2v) is 6.78. The standard InChI is InChI=1S/C23H30N2O7/c1-5-9-30-17-8-7-16(13-18(17)31-10-6-2)25-23(27)15-11-19(28-3)22(20(12-15)29-4)32-14-21(24)26/h7-8,11-13H,5-6,9-10,14H2,1-4H3,(H2,24,26)(H,25,27). The Balaban J connectivity index is 2.28. The van der Waals surface area contributed by atoms with Gasteiger partial charge >= 0.3 is 0 Å². The molecule has 32 heavy (non-hydrogen) atoms. The Morgan fingerprint density at radius 3 is 1.97 bits per heavy atom. The predicted molar refractivity (Wildman–Crippen MR) is 120 cm³/mol. The van der Waals surface area contributed by atoms with E-state index < -0.39 is 11.8 Å². The molecular weight excluding hydrogens is 416 g/mol. The van der Waals surface area contributed by atoms with Crippen molar-refractivity contribution in [2.45, 2.75) is 26.7 Å². The number of hydrogen-bond donors (Lipinski definition) is 2. The number of rotatable bonds is 13. The highest BCUT2D eigenvalue weighted by Crippen LogP contribution is 2.39. The van der Waals surface area contributed by atoms with Gasteiger partial charge in [-0.05, 0) is 37.1 Å². The summed E-state index contributed by atoms with van der Waals surface area (Å²) in [6.07, 6.45) is 1.71. The van der Waals surface area contributed by atoms with Crippen molar-refractivity contribution in [3.63, 3.8) is 0 Å². The van der Waals surface area contributed by atoms with E-state index in [-0.39, 0.29) is 29.4 Å². The first-order chi connectivity index (χ1) is 15.4. The lowest BCUT2D eigenvalue weighted by Crippen LogP contribution is -2.20. The molecule has 0 unspecified atom stereocenters. The molecule has 0 aliphatic carbocycles. The molecule has 2 aromatic rings. The molecule has 174 valence electrons. The van der Waals surface area contributed by atoms with E-state index in [1.807, 2.05) is 13.8 Å². The fourth-order valence-corrected chi connectivity index (χ4v) is 2.74. The lowest BCUT2D eigenvalue weighted by Gasteiger charge is -2.16. The van der Waals surface area contributed by atoms with Crippen molar-refractivity contribution < 1.29 is 33.3 Å². The average Bonchev–Trinajstić information content (AvgIpc) is 2.79. The zero-order valence-electron chi connectivity index (χ0n) is 18.9. The predicted octanol–water partition coefficient (Wildman–Crippen LogP) is 3.40. The van der Waals surface area contributed by atoms with Gasteiger partial charge in [-0.15, -0.1) is 0 Å². The van der Waals surface area contributed by atoms with Crippen LogP contribution >= 0.6 is 0 Å². The van der Waals surface area contributed by atoms with E-state index in [9.17, 15) is 9.59 Å². The Hall–Kier alpha value is -3.62. The lowest BCUT2D eigenvalue weighted by molar-refractivity contribution is -0.120. The SMILES string of the molecule is CCCOc1ccc(NC(=O)c2cc(OC)c(OCC(N)=O)c(OC)c2)cc1OCCC. The number of methoxy groups -OCH3 is 2. The van der Waals surface area contributed by atoms with Crippen molar-refractivity contribution in [3.05, 3.63) is 35.9 Å². The summed E-state index contributed by atoms with van der Waals surface area (Å²) in [5.74, 6) is 0.770. The van der Waals surface area contributed by atoms with Gasteiger partial charge in [0.25, 0.3) is 11.8 Å². The van der Waals surface area contributed by atoms with Crippen LogP contribution in [0.2, 0.25) is 0 Å². The number of ether oxygens (including phenoxy) is 5. The fourth-order valence-electron chi connectivity index (χ4n) is 2.74. The number of carbonyl (C=O) groups excluding carboxylic acids is 2. The van der Waals surface area contributed by atoms with E-state index >= 15 is 0 Å². The summed E-state index contributed by atoms with van der Waals surface area (Å²) in [5, 5.41) is 2.83. The van der Waals surface area contributed by atoms with E-state index in [1.165, 1.54) is 26.4 Å². The van der Waals surface area contributed by atoms with Crippen molar-refractivity contribution >= 4 is 17.5 Å². The molecule has 9 nitrogen and oxygen atoms in total. The lowest BCUT2D eigenvalue weighted by atomic mass is 10.1. The first kappa shape index (κ1) is 24.6. The summed E-state index contributed by atoms with van der Waals surface area (Å²) < 4.78 is 27.5. The van der Waals surface area contributed by atoms with Crippen LogP contribution in [0, 0.1) is 0 Å². The highest BCUT2D eigenvalue weighted by molar-refractivity contribution is 6.05. The van der Waals surface area contributed by atoms with Gasteiger partial charge < -0.3 is 34.7 Å². The maximum atomic E-state index is 12.9. The van der Waals surface area contributed by atoms with Gasteiger partial charge in [-0.3, -0.25) is 9.59 Å². The van der Waals surface area contributed by atoms with Crippen molar-refractivity contribution in [2.75, 3.05) is 39.4 Å². The number of primary amides is 1. The zero-order chi connectivity index (χ0) is 23.5. The van der Waals surface area contributed by atoms with Crippen molar-refractivity contribution in [2.24, 2.45) is 5.73 Å². The van der Waals surface area contributed by atoms with E-state index in [2.05, 4.69) is 5.32 Å². The smallest absolute Gasteiger partial charge is 0.255 e.